The Labute approximate surface area is 135 Å². The van der Waals surface area contributed by atoms with Gasteiger partial charge >= 0.3 is 134 Å². The molecule has 1 spiro atoms. The van der Waals surface area contributed by atoms with E-state index in [1.54, 1.807) is 9.46 Å². The van der Waals surface area contributed by atoms with E-state index in [4.69, 9.17) is 17.9 Å². The van der Waals surface area contributed by atoms with Crippen molar-refractivity contribution in [2.45, 2.75) is 38.8 Å². The van der Waals surface area contributed by atoms with Gasteiger partial charge in [-0.05, 0) is 0 Å². The van der Waals surface area contributed by atoms with Crippen molar-refractivity contribution < 1.29 is 27.4 Å². The molecular formula is C16H22N2O4Si. The SMILES string of the molecule is CC(C)[Si-2]12(C(C)C)(Oc3cccc[n+]3O1)Oc1cccc[n+]1O2. The Hall–Kier alpha value is -2.28. The molecule has 2 aliphatic rings. The molecule has 4 rings (SSSR count). The van der Waals surface area contributed by atoms with Crippen molar-refractivity contribution >= 4 is 7.60 Å². The first-order chi connectivity index (χ1) is 10.9. The molecule has 7 heteroatoms. The third-order valence-corrected chi connectivity index (χ3v) is 13.2. The Bertz CT molecular complexity index is 690. The van der Waals surface area contributed by atoms with Crippen molar-refractivity contribution in [2.24, 2.45) is 0 Å². The monoisotopic (exact) mass is 334 g/mol. The van der Waals surface area contributed by atoms with E-state index in [9.17, 15) is 0 Å². The van der Waals surface area contributed by atoms with Crippen LogP contribution in [0.5, 0.6) is 11.8 Å². The van der Waals surface area contributed by atoms with Crippen LogP contribution in [0.2, 0.25) is 11.1 Å². The number of nitrogens with zero attached hydrogens (tertiary/aromatic N) is 2. The molecule has 6 nitrogen and oxygen atoms in total. The first kappa shape index (κ1) is 14.3. The molecule has 0 aromatic carbocycles. The zero-order valence-electron chi connectivity index (χ0n) is 13.8. The third kappa shape index (κ3) is 1.35. The van der Waals surface area contributed by atoms with Crippen molar-refractivity contribution in [3.05, 3.63) is 48.8 Å². The van der Waals surface area contributed by atoms with Gasteiger partial charge in [-0.25, -0.2) is 0 Å². The normalized spacial score (nSPS) is 24.1. The second-order valence-corrected chi connectivity index (χ2v) is 13.3. The van der Waals surface area contributed by atoms with Crippen LogP contribution < -0.4 is 27.4 Å². The van der Waals surface area contributed by atoms with E-state index in [2.05, 4.69) is 0 Å². The van der Waals surface area contributed by atoms with E-state index in [1.807, 2.05) is 76.5 Å². The maximum atomic E-state index is 6.57. The molecular weight excluding hydrogens is 312 g/mol. The quantitative estimate of drug-likeness (QED) is 0.620. The van der Waals surface area contributed by atoms with Crippen LogP contribution >= 0.6 is 0 Å². The van der Waals surface area contributed by atoms with Gasteiger partial charge in [-0.3, -0.25) is 0 Å². The molecule has 0 saturated heterocycles. The van der Waals surface area contributed by atoms with Crippen molar-refractivity contribution in [1.82, 2.24) is 0 Å². The summed E-state index contributed by atoms with van der Waals surface area (Å²) >= 11 is 0. The van der Waals surface area contributed by atoms with Gasteiger partial charge in [-0.2, -0.15) is 0 Å². The number of aromatic nitrogens is 2. The summed E-state index contributed by atoms with van der Waals surface area (Å²) < 4.78 is 29.4. The number of hydrogen-bond donors (Lipinski definition) is 0. The number of pyridine rings is 2. The molecule has 23 heavy (non-hydrogen) atoms. The molecule has 0 atom stereocenters. The average Bonchev–Trinajstić information content (AvgIpc) is 3.01. The molecule has 0 unspecified atom stereocenters. The van der Waals surface area contributed by atoms with Gasteiger partial charge in [0.1, 0.15) is 0 Å². The molecule has 124 valence electrons. The van der Waals surface area contributed by atoms with Gasteiger partial charge in [0.15, 0.2) is 0 Å². The minimum absolute atomic E-state index is 0.134. The van der Waals surface area contributed by atoms with E-state index in [-0.39, 0.29) is 11.1 Å². The summed E-state index contributed by atoms with van der Waals surface area (Å²) in [6.45, 7) is 8.12. The predicted octanol–water partition coefficient (Wildman–Crippen LogP) is 1.77. The van der Waals surface area contributed by atoms with Gasteiger partial charge in [-0.1, -0.05) is 0 Å². The topological polar surface area (TPSA) is 44.7 Å². The molecule has 2 aliphatic heterocycles. The Morgan fingerprint density at radius 3 is 1.52 bits per heavy atom. The summed E-state index contributed by atoms with van der Waals surface area (Å²) in [6.07, 6.45) is 3.63. The first-order valence-electron chi connectivity index (χ1n) is 8.02. The predicted molar refractivity (Wildman–Crippen MR) is 83.6 cm³/mol. The van der Waals surface area contributed by atoms with E-state index in [1.165, 1.54) is 0 Å². The molecule has 0 amide bonds. The zero-order chi connectivity index (χ0) is 16.4. The Morgan fingerprint density at radius 2 is 1.17 bits per heavy atom. The molecule has 0 radical (unpaired) electrons. The average molecular weight is 334 g/mol. The molecule has 2 aromatic rings. The summed E-state index contributed by atoms with van der Waals surface area (Å²) in [6, 6.07) is 11.3. The van der Waals surface area contributed by atoms with E-state index >= 15 is 0 Å². The number of fused-ring (bicyclic) bond motifs is 2. The summed E-state index contributed by atoms with van der Waals surface area (Å²) in [5.41, 5.74) is -0.269. The molecule has 0 saturated carbocycles. The van der Waals surface area contributed by atoms with Gasteiger partial charge in [0.05, 0.1) is 0 Å². The van der Waals surface area contributed by atoms with Gasteiger partial charge in [-0.15, -0.1) is 0 Å². The molecule has 0 bridgehead atoms. The van der Waals surface area contributed by atoms with Crippen LogP contribution in [0.15, 0.2) is 48.8 Å². The maximum absolute atomic E-state index is 6.57. The fourth-order valence-electron chi connectivity index (χ4n) is 3.77. The molecule has 0 N–H and O–H groups in total. The summed E-state index contributed by atoms with van der Waals surface area (Å²) in [7, 11) is -4.93. The van der Waals surface area contributed by atoms with Crippen molar-refractivity contribution in [2.75, 3.05) is 0 Å². The summed E-state index contributed by atoms with van der Waals surface area (Å²) in [5, 5.41) is 0. The fraction of sp³-hybridized carbons (Fsp3) is 0.375. The van der Waals surface area contributed by atoms with Crippen LogP contribution in [0.25, 0.3) is 0 Å². The van der Waals surface area contributed by atoms with Crippen LogP contribution in [-0.4, -0.2) is 7.60 Å². The van der Waals surface area contributed by atoms with Gasteiger partial charge < -0.3 is 0 Å². The van der Waals surface area contributed by atoms with Crippen molar-refractivity contribution in [3.63, 3.8) is 0 Å². The summed E-state index contributed by atoms with van der Waals surface area (Å²) in [5.74, 6) is 1.18. The first-order valence-corrected chi connectivity index (χ1v) is 10.8. The van der Waals surface area contributed by atoms with Crippen LogP contribution in [0.1, 0.15) is 27.7 Å². The van der Waals surface area contributed by atoms with Gasteiger partial charge in [0.2, 0.25) is 0 Å². The zero-order valence-corrected chi connectivity index (χ0v) is 14.8. The molecule has 0 fully saturated rings. The third-order valence-electron chi connectivity index (χ3n) is 5.46. The second-order valence-electron chi connectivity index (χ2n) is 7.03. The minimum atomic E-state index is -4.93. The van der Waals surface area contributed by atoms with Gasteiger partial charge in [0.25, 0.3) is 0 Å². The Morgan fingerprint density at radius 1 is 0.739 bits per heavy atom. The van der Waals surface area contributed by atoms with Crippen molar-refractivity contribution in [1.29, 1.82) is 0 Å². The molecule has 0 aliphatic carbocycles. The molecule has 4 heterocycles. The fourth-order valence-corrected chi connectivity index (χ4v) is 9.66. The van der Waals surface area contributed by atoms with E-state index in [0.29, 0.717) is 11.8 Å². The van der Waals surface area contributed by atoms with Crippen LogP contribution in [0.4, 0.5) is 0 Å². The number of rotatable bonds is 2. The second kappa shape index (κ2) is 3.79. The molecule has 2 aromatic heterocycles. The van der Waals surface area contributed by atoms with Crippen molar-refractivity contribution in [3.8, 4) is 11.8 Å². The Balaban J connectivity index is 2.03. The number of hydrogen-bond acceptors (Lipinski definition) is 4. The van der Waals surface area contributed by atoms with Crippen LogP contribution in [0.3, 0.4) is 0 Å². The van der Waals surface area contributed by atoms with E-state index < -0.39 is 7.60 Å². The van der Waals surface area contributed by atoms with Crippen LogP contribution in [-0.2, 0) is 0 Å². The Kier molecular flexibility index (Phi) is 2.36. The van der Waals surface area contributed by atoms with Crippen LogP contribution in [0, 0.1) is 0 Å². The standard InChI is InChI=1S/C16H22N2O4Si/c1-13(2)23(14(3)4,19-15-9-5-7-11-17(15)21-23)20-16-10-6-8-12-18(16)22-23/h5-14H,1-4H3. The van der Waals surface area contributed by atoms with E-state index in [0.717, 1.165) is 0 Å². The van der Waals surface area contributed by atoms with Gasteiger partial charge in [0, 0.05) is 0 Å². The summed E-state index contributed by atoms with van der Waals surface area (Å²) in [4.78, 5) is 0.